The van der Waals surface area contributed by atoms with Gasteiger partial charge in [0.25, 0.3) is 0 Å². The van der Waals surface area contributed by atoms with Crippen LogP contribution in [0.2, 0.25) is 0 Å². The van der Waals surface area contributed by atoms with Crippen molar-refractivity contribution in [3.8, 4) is 23.5 Å². The maximum absolute atomic E-state index is 14.0. The number of hydrogen-bond donors (Lipinski definition) is 1. The van der Waals surface area contributed by atoms with E-state index in [9.17, 15) is 9.59 Å². The van der Waals surface area contributed by atoms with Gasteiger partial charge in [0.1, 0.15) is 34.5 Å². The number of anilines is 1. The van der Waals surface area contributed by atoms with Gasteiger partial charge in [-0.3, -0.25) is 14.3 Å². The Hall–Kier alpha value is -4.18. The molecule has 4 aromatic rings. The van der Waals surface area contributed by atoms with E-state index in [1.807, 2.05) is 45.0 Å². The van der Waals surface area contributed by atoms with E-state index in [-0.39, 0.29) is 24.3 Å². The van der Waals surface area contributed by atoms with Gasteiger partial charge in [-0.25, -0.2) is 15.0 Å². The van der Waals surface area contributed by atoms with Crippen LogP contribution >= 0.6 is 15.9 Å². The Balaban J connectivity index is 1.32. The molecule has 11 nitrogen and oxygen atoms in total. The highest BCUT2D eigenvalue weighted by Gasteiger charge is 2.44. The predicted octanol–water partition coefficient (Wildman–Crippen LogP) is 4.19. The van der Waals surface area contributed by atoms with Gasteiger partial charge in [0, 0.05) is 23.3 Å². The number of pyridine rings is 1. The lowest BCUT2D eigenvalue weighted by molar-refractivity contribution is -0.138. The molecule has 3 aromatic heterocycles. The number of ether oxygens (including phenoxy) is 2. The fourth-order valence-corrected chi connectivity index (χ4v) is 5.96. The van der Waals surface area contributed by atoms with Crippen LogP contribution in [0.5, 0.6) is 0 Å². The van der Waals surface area contributed by atoms with Gasteiger partial charge in [-0.2, -0.15) is 5.10 Å². The highest BCUT2D eigenvalue weighted by Crippen LogP contribution is 2.34. The molecule has 2 aliphatic heterocycles. The molecular weight excluding hydrogens is 614 g/mol. The molecule has 220 valence electrons. The summed E-state index contributed by atoms with van der Waals surface area (Å²) in [5, 5.41) is 8.46. The molecule has 5 heterocycles. The monoisotopic (exact) mass is 643 g/mol. The third kappa shape index (κ3) is 5.63. The normalized spacial score (nSPS) is 20.4. The Kier molecular flexibility index (Phi) is 7.96. The van der Waals surface area contributed by atoms with Crippen molar-refractivity contribution in [1.29, 1.82) is 0 Å². The van der Waals surface area contributed by atoms with Crippen molar-refractivity contribution >= 4 is 44.5 Å². The molecule has 0 unspecified atom stereocenters. The molecule has 0 spiro atoms. The molecule has 2 saturated heterocycles. The molecular formula is C31H30BrN7O4. The van der Waals surface area contributed by atoms with Crippen LogP contribution in [0, 0.1) is 32.1 Å². The summed E-state index contributed by atoms with van der Waals surface area (Å²) < 4.78 is 13.8. The lowest BCUT2D eigenvalue weighted by Gasteiger charge is -2.28. The standard InChI is InChI=1S/C31H30BrN7O4/c1-5-23-18(3)12-25(30(41)36-29-17(2)6-9-26(32)35-29)39(23)27(40)16-38-24-8-7-20(21-14-33-19(4)34-15-21)13-22(24)28(37-38)31-42-10-11-43-31/h1,6-9,13-15,18,23,25,31H,10-12,16H2,2-4H3,(H,35,36,41)/t18-,23+,25-/m0/s1. The Bertz CT molecular complexity index is 1740. The number of rotatable bonds is 6. The van der Waals surface area contributed by atoms with Crippen molar-refractivity contribution in [3.05, 3.63) is 64.4 Å². The molecule has 2 aliphatic rings. The number of amides is 2. The summed E-state index contributed by atoms with van der Waals surface area (Å²) in [5.41, 5.74) is 3.84. The average Bonchev–Trinajstić information content (AvgIpc) is 3.73. The number of hydrogen-bond acceptors (Lipinski definition) is 8. The maximum Gasteiger partial charge on any atom is 0.248 e. The van der Waals surface area contributed by atoms with Gasteiger partial charge in [-0.1, -0.05) is 25.0 Å². The molecule has 1 aromatic carbocycles. The Morgan fingerprint density at radius 3 is 2.58 bits per heavy atom. The second kappa shape index (κ2) is 11.8. The highest BCUT2D eigenvalue weighted by molar-refractivity contribution is 9.10. The minimum atomic E-state index is -0.764. The first-order valence-electron chi connectivity index (χ1n) is 14.0. The number of likely N-dealkylation sites (tertiary alicyclic amines) is 1. The zero-order chi connectivity index (χ0) is 30.2. The van der Waals surface area contributed by atoms with Crippen LogP contribution in [0.1, 0.15) is 36.7 Å². The van der Waals surface area contributed by atoms with Crippen molar-refractivity contribution in [3.63, 3.8) is 0 Å². The summed E-state index contributed by atoms with van der Waals surface area (Å²) in [6.45, 7) is 6.41. The first kappa shape index (κ1) is 28.9. The summed E-state index contributed by atoms with van der Waals surface area (Å²) in [6, 6.07) is 8.16. The van der Waals surface area contributed by atoms with Crippen LogP contribution < -0.4 is 5.32 Å². The number of carbonyl (C=O) groups excluding carboxylic acids is 2. The summed E-state index contributed by atoms with van der Waals surface area (Å²) in [6.07, 6.45) is 9.21. The molecule has 0 saturated carbocycles. The van der Waals surface area contributed by atoms with Gasteiger partial charge in [0.05, 0.1) is 24.8 Å². The second-order valence-electron chi connectivity index (χ2n) is 10.8. The molecule has 0 bridgehead atoms. The number of nitrogens with one attached hydrogen (secondary N) is 1. The summed E-state index contributed by atoms with van der Waals surface area (Å²) in [5.74, 6) is 3.12. The molecule has 0 radical (unpaired) electrons. The van der Waals surface area contributed by atoms with Crippen molar-refractivity contribution in [2.45, 2.75) is 52.1 Å². The lowest BCUT2D eigenvalue weighted by atomic mass is 10.0. The molecule has 0 aliphatic carbocycles. The summed E-state index contributed by atoms with van der Waals surface area (Å²) in [4.78, 5) is 42.1. The van der Waals surface area contributed by atoms with E-state index >= 15 is 0 Å². The van der Waals surface area contributed by atoms with Gasteiger partial charge in [-0.15, -0.1) is 6.42 Å². The number of halogens is 1. The summed E-state index contributed by atoms with van der Waals surface area (Å²) in [7, 11) is 0. The predicted molar refractivity (Wildman–Crippen MR) is 162 cm³/mol. The van der Waals surface area contributed by atoms with Crippen LogP contribution in [0.25, 0.3) is 22.0 Å². The van der Waals surface area contributed by atoms with Crippen molar-refractivity contribution < 1.29 is 19.1 Å². The van der Waals surface area contributed by atoms with Gasteiger partial charge in [0.2, 0.25) is 18.1 Å². The number of aromatic nitrogens is 5. The molecule has 3 atom stereocenters. The van der Waals surface area contributed by atoms with Crippen LogP contribution in [0.4, 0.5) is 5.82 Å². The number of carbonyl (C=O) groups is 2. The fourth-order valence-electron chi connectivity index (χ4n) is 5.65. The lowest BCUT2D eigenvalue weighted by Crippen LogP contribution is -2.48. The van der Waals surface area contributed by atoms with Crippen LogP contribution in [0.15, 0.2) is 47.3 Å². The van der Waals surface area contributed by atoms with E-state index in [1.165, 1.54) is 4.90 Å². The molecule has 6 rings (SSSR count). The highest BCUT2D eigenvalue weighted by atomic mass is 79.9. The molecule has 43 heavy (non-hydrogen) atoms. The Morgan fingerprint density at radius 1 is 1.12 bits per heavy atom. The zero-order valence-corrected chi connectivity index (χ0v) is 25.5. The van der Waals surface area contributed by atoms with Gasteiger partial charge in [0.15, 0.2) is 0 Å². The number of fused-ring (bicyclic) bond motifs is 1. The number of aryl methyl sites for hydroxylation is 2. The van der Waals surface area contributed by atoms with Crippen molar-refractivity contribution in [1.82, 2.24) is 29.6 Å². The Morgan fingerprint density at radius 2 is 1.86 bits per heavy atom. The maximum atomic E-state index is 14.0. The van der Waals surface area contributed by atoms with E-state index < -0.39 is 18.4 Å². The van der Waals surface area contributed by atoms with Crippen molar-refractivity contribution in [2.24, 2.45) is 5.92 Å². The SMILES string of the molecule is C#C[C@@H]1[C@@H](C)C[C@@H](C(=O)Nc2nc(Br)ccc2C)N1C(=O)Cn1nc(C2OCCO2)c2cc(-c3cnc(C)nc3)ccc21. The minimum Gasteiger partial charge on any atom is -0.345 e. The smallest absolute Gasteiger partial charge is 0.248 e. The molecule has 2 fully saturated rings. The zero-order valence-electron chi connectivity index (χ0n) is 24.0. The topological polar surface area (TPSA) is 124 Å². The van der Waals surface area contributed by atoms with E-state index in [1.54, 1.807) is 23.1 Å². The Labute approximate surface area is 257 Å². The minimum absolute atomic E-state index is 0.0780. The first-order chi connectivity index (χ1) is 20.7. The van der Waals surface area contributed by atoms with Gasteiger partial charge < -0.3 is 19.7 Å². The van der Waals surface area contributed by atoms with E-state index in [4.69, 9.17) is 21.0 Å². The van der Waals surface area contributed by atoms with E-state index in [0.717, 1.165) is 27.6 Å². The number of benzene rings is 1. The largest absolute Gasteiger partial charge is 0.345 e. The fraction of sp³-hybridized carbons (Fsp3) is 0.355. The van der Waals surface area contributed by atoms with E-state index in [0.29, 0.717) is 41.6 Å². The second-order valence-corrected chi connectivity index (χ2v) is 11.6. The van der Waals surface area contributed by atoms with Gasteiger partial charge >= 0.3 is 0 Å². The molecule has 1 N–H and O–H groups in total. The first-order valence-corrected chi connectivity index (χ1v) is 14.8. The number of terminal acetylenes is 1. The quantitative estimate of drug-likeness (QED) is 0.245. The third-order valence-electron chi connectivity index (χ3n) is 7.86. The van der Waals surface area contributed by atoms with Crippen LogP contribution in [-0.2, 0) is 25.6 Å². The van der Waals surface area contributed by atoms with Crippen molar-refractivity contribution in [2.75, 3.05) is 18.5 Å². The summed E-state index contributed by atoms with van der Waals surface area (Å²) >= 11 is 3.35. The van der Waals surface area contributed by atoms with Crippen LogP contribution in [-0.4, -0.2) is 66.7 Å². The molecule has 12 heteroatoms. The van der Waals surface area contributed by atoms with Gasteiger partial charge in [-0.05, 0) is 71.4 Å². The average molecular weight is 645 g/mol. The molecule has 2 amide bonds. The number of nitrogens with zero attached hydrogens (tertiary/aromatic N) is 6. The third-order valence-corrected chi connectivity index (χ3v) is 8.30. The van der Waals surface area contributed by atoms with Crippen LogP contribution in [0.3, 0.4) is 0 Å². The van der Waals surface area contributed by atoms with E-state index in [2.05, 4.69) is 42.1 Å².